The molecule has 2 amide bonds. The Morgan fingerprint density at radius 1 is 1.27 bits per heavy atom. The smallest absolute Gasteiger partial charge is 0.290 e. The quantitative estimate of drug-likeness (QED) is 0.594. The number of anilines is 2. The van der Waals surface area contributed by atoms with E-state index in [1.165, 1.54) is 0 Å². The number of aromatic nitrogens is 3. The second-order valence-corrected chi connectivity index (χ2v) is 8.28. The normalized spacial score (nSPS) is 18.8. The topological polar surface area (TPSA) is 126 Å². The van der Waals surface area contributed by atoms with E-state index in [2.05, 4.69) is 30.5 Å². The van der Waals surface area contributed by atoms with Crippen molar-refractivity contribution >= 4 is 40.6 Å². The summed E-state index contributed by atoms with van der Waals surface area (Å²) in [4.78, 5) is 38.5. The molecule has 0 unspecified atom stereocenters. The summed E-state index contributed by atoms with van der Waals surface area (Å²) in [5.41, 5.74) is 8.33. The molecule has 0 radical (unpaired) electrons. The summed E-state index contributed by atoms with van der Waals surface area (Å²) in [6, 6.07) is 3.67. The van der Waals surface area contributed by atoms with Gasteiger partial charge in [-0.1, -0.05) is 0 Å². The number of nitrogens with one attached hydrogen (secondary N) is 2. The largest absolute Gasteiger partial charge is 0.397 e. The molecule has 4 heterocycles. The Labute approximate surface area is 178 Å². The molecule has 4 rings (SSSR count). The van der Waals surface area contributed by atoms with Gasteiger partial charge in [0.05, 0.1) is 22.5 Å². The first-order chi connectivity index (χ1) is 14.6. The van der Waals surface area contributed by atoms with Gasteiger partial charge in [-0.25, -0.2) is 9.97 Å². The van der Waals surface area contributed by atoms with Crippen LogP contribution in [0.1, 0.15) is 24.1 Å². The molecule has 156 valence electrons. The number of hydrogen-bond donors (Lipinski definition) is 3. The molecular formula is C20H23N7O2S. The summed E-state index contributed by atoms with van der Waals surface area (Å²) in [7, 11) is 0. The lowest BCUT2D eigenvalue weighted by molar-refractivity contribution is -0.115. The Morgan fingerprint density at radius 2 is 2.10 bits per heavy atom. The number of imide groups is 1. The van der Waals surface area contributed by atoms with E-state index in [0.29, 0.717) is 28.2 Å². The molecule has 0 aromatic carbocycles. The van der Waals surface area contributed by atoms with Crippen molar-refractivity contribution < 1.29 is 9.59 Å². The molecule has 10 heteroatoms. The van der Waals surface area contributed by atoms with Crippen molar-refractivity contribution in [3.05, 3.63) is 46.9 Å². The molecule has 2 aromatic rings. The lowest BCUT2D eigenvalue weighted by Gasteiger charge is -2.32. The molecular weight excluding hydrogens is 402 g/mol. The summed E-state index contributed by atoms with van der Waals surface area (Å²) in [5.74, 6) is 0.848. The fourth-order valence-electron chi connectivity index (χ4n) is 3.49. The SMILES string of the molecule is Nc1cnccc1CNCC1CCN(c2nccc(/C=C3\SC(=O)NC3=O)n2)CC1. The van der Waals surface area contributed by atoms with Gasteiger partial charge in [0, 0.05) is 32.0 Å². The van der Waals surface area contributed by atoms with Crippen LogP contribution in [0.5, 0.6) is 0 Å². The predicted octanol–water partition coefficient (Wildman–Crippen LogP) is 1.78. The molecule has 0 saturated carbocycles. The van der Waals surface area contributed by atoms with Crippen molar-refractivity contribution in [3.8, 4) is 0 Å². The number of pyridine rings is 1. The van der Waals surface area contributed by atoms with Gasteiger partial charge >= 0.3 is 0 Å². The summed E-state index contributed by atoms with van der Waals surface area (Å²) in [5, 5.41) is 5.38. The number of hydrogen-bond acceptors (Lipinski definition) is 9. The van der Waals surface area contributed by atoms with Crippen LogP contribution in [0, 0.1) is 5.92 Å². The molecule has 9 nitrogen and oxygen atoms in total. The lowest BCUT2D eigenvalue weighted by atomic mass is 9.97. The molecule has 2 aliphatic rings. The summed E-state index contributed by atoms with van der Waals surface area (Å²) in [6.45, 7) is 3.42. The Hall–Kier alpha value is -2.98. The molecule has 2 saturated heterocycles. The number of carbonyl (C=O) groups excluding carboxylic acids is 2. The first-order valence-electron chi connectivity index (χ1n) is 9.80. The zero-order valence-electron chi connectivity index (χ0n) is 16.4. The maximum Gasteiger partial charge on any atom is 0.290 e. The minimum atomic E-state index is -0.382. The van der Waals surface area contributed by atoms with Crippen molar-refractivity contribution in [1.29, 1.82) is 0 Å². The maximum atomic E-state index is 11.7. The van der Waals surface area contributed by atoms with Crippen LogP contribution in [0.3, 0.4) is 0 Å². The minimum Gasteiger partial charge on any atom is -0.397 e. The van der Waals surface area contributed by atoms with Crippen LogP contribution in [0.15, 0.2) is 35.6 Å². The van der Waals surface area contributed by atoms with Gasteiger partial charge < -0.3 is 16.0 Å². The van der Waals surface area contributed by atoms with E-state index in [9.17, 15) is 9.59 Å². The van der Waals surface area contributed by atoms with E-state index >= 15 is 0 Å². The molecule has 0 atom stereocenters. The van der Waals surface area contributed by atoms with Crippen molar-refractivity contribution in [3.63, 3.8) is 0 Å². The molecule has 0 spiro atoms. The number of thioether (sulfide) groups is 1. The maximum absolute atomic E-state index is 11.7. The monoisotopic (exact) mass is 425 g/mol. The number of carbonyl (C=O) groups is 2. The second kappa shape index (κ2) is 9.23. The van der Waals surface area contributed by atoms with Gasteiger partial charge in [-0.05, 0) is 60.8 Å². The van der Waals surface area contributed by atoms with Crippen molar-refractivity contribution in [2.24, 2.45) is 5.92 Å². The fraction of sp³-hybridized carbons (Fsp3) is 0.350. The predicted molar refractivity (Wildman–Crippen MR) is 116 cm³/mol. The second-order valence-electron chi connectivity index (χ2n) is 7.27. The third kappa shape index (κ3) is 4.95. The van der Waals surface area contributed by atoms with Gasteiger partial charge in [-0.15, -0.1) is 0 Å². The van der Waals surface area contributed by atoms with Crippen LogP contribution < -0.4 is 21.3 Å². The number of nitrogens with two attached hydrogens (primary N) is 1. The van der Waals surface area contributed by atoms with Gasteiger partial charge in [0.1, 0.15) is 0 Å². The summed E-state index contributed by atoms with van der Waals surface area (Å²) < 4.78 is 0. The molecule has 0 bridgehead atoms. The van der Waals surface area contributed by atoms with Gasteiger partial charge in [0.2, 0.25) is 5.95 Å². The highest BCUT2D eigenvalue weighted by Gasteiger charge is 2.25. The van der Waals surface area contributed by atoms with E-state index in [1.54, 1.807) is 30.7 Å². The van der Waals surface area contributed by atoms with Crippen LogP contribution in [-0.2, 0) is 11.3 Å². The Bertz CT molecular complexity index is 973. The lowest BCUT2D eigenvalue weighted by Crippen LogP contribution is -2.38. The number of nitrogen functional groups attached to an aromatic ring is 1. The zero-order valence-corrected chi connectivity index (χ0v) is 17.2. The van der Waals surface area contributed by atoms with Crippen LogP contribution in [0.2, 0.25) is 0 Å². The molecule has 2 aliphatic heterocycles. The van der Waals surface area contributed by atoms with Gasteiger partial charge in [0.25, 0.3) is 11.1 Å². The van der Waals surface area contributed by atoms with Crippen LogP contribution in [-0.4, -0.2) is 45.7 Å². The van der Waals surface area contributed by atoms with E-state index in [1.807, 2.05) is 6.07 Å². The van der Waals surface area contributed by atoms with Gasteiger partial charge in [0.15, 0.2) is 0 Å². The van der Waals surface area contributed by atoms with Crippen molar-refractivity contribution in [2.45, 2.75) is 19.4 Å². The third-order valence-electron chi connectivity index (χ3n) is 5.18. The average Bonchev–Trinajstić information content (AvgIpc) is 3.07. The standard InChI is InChI=1S/C20H23N7O2S/c21-16-12-22-5-1-14(16)11-23-10-13-3-7-27(8-4-13)19-24-6-2-15(25-19)9-17-18(28)26-20(29)30-17/h1-2,5-6,9,12-13,23H,3-4,7-8,10-11,21H2,(H,26,28,29)/b17-9-. The molecule has 30 heavy (non-hydrogen) atoms. The van der Waals surface area contributed by atoms with E-state index in [0.717, 1.165) is 56.3 Å². The van der Waals surface area contributed by atoms with E-state index < -0.39 is 0 Å². The zero-order chi connectivity index (χ0) is 20.9. The van der Waals surface area contributed by atoms with Crippen LogP contribution in [0.4, 0.5) is 16.4 Å². The number of amides is 2. The summed E-state index contributed by atoms with van der Waals surface area (Å²) >= 11 is 0.886. The van der Waals surface area contributed by atoms with Gasteiger partial charge in [-0.3, -0.25) is 19.9 Å². The highest BCUT2D eigenvalue weighted by molar-refractivity contribution is 8.18. The first-order valence-corrected chi connectivity index (χ1v) is 10.6. The molecule has 0 aliphatic carbocycles. The van der Waals surface area contributed by atoms with Gasteiger partial charge in [-0.2, -0.15) is 0 Å². The Morgan fingerprint density at radius 3 is 2.83 bits per heavy atom. The minimum absolute atomic E-state index is 0.351. The van der Waals surface area contributed by atoms with Crippen LogP contribution >= 0.6 is 11.8 Å². The van der Waals surface area contributed by atoms with Crippen LogP contribution in [0.25, 0.3) is 6.08 Å². The van der Waals surface area contributed by atoms with Crippen molar-refractivity contribution in [1.82, 2.24) is 25.6 Å². The summed E-state index contributed by atoms with van der Waals surface area (Å²) in [6.07, 6.45) is 8.82. The third-order valence-corrected chi connectivity index (χ3v) is 5.99. The highest BCUT2D eigenvalue weighted by atomic mass is 32.2. The fourth-order valence-corrected chi connectivity index (χ4v) is 4.16. The first kappa shape index (κ1) is 20.3. The average molecular weight is 426 g/mol. The number of piperidine rings is 1. The number of nitrogens with zero attached hydrogens (tertiary/aromatic N) is 4. The molecule has 2 fully saturated rings. The number of rotatable bonds is 6. The molecule has 4 N–H and O–H groups in total. The van der Waals surface area contributed by atoms with E-state index in [4.69, 9.17) is 5.73 Å². The highest BCUT2D eigenvalue weighted by Crippen LogP contribution is 2.26. The van der Waals surface area contributed by atoms with Crippen molar-refractivity contribution in [2.75, 3.05) is 30.3 Å². The Kier molecular flexibility index (Phi) is 6.24. The Balaban J connectivity index is 1.29. The van der Waals surface area contributed by atoms with E-state index in [-0.39, 0.29) is 11.1 Å². The molecule has 2 aromatic heterocycles.